The second-order valence-electron chi connectivity index (χ2n) is 8.13. The summed E-state index contributed by atoms with van der Waals surface area (Å²) in [6.07, 6.45) is 6.81. The Morgan fingerprint density at radius 3 is 2.29 bits per heavy atom. The minimum atomic E-state index is 0.00681. The Balaban J connectivity index is 1.24. The quantitative estimate of drug-likeness (QED) is 0.500. The van der Waals surface area contributed by atoms with Crippen molar-refractivity contribution >= 4 is 23.2 Å². The highest BCUT2D eigenvalue weighted by molar-refractivity contribution is 6.30. The number of rotatable bonds is 7. The van der Waals surface area contributed by atoms with E-state index in [4.69, 9.17) is 11.6 Å². The van der Waals surface area contributed by atoms with E-state index in [-0.39, 0.29) is 5.91 Å². The molecule has 5 heteroatoms. The van der Waals surface area contributed by atoms with Crippen LogP contribution in [-0.2, 0) is 17.8 Å². The van der Waals surface area contributed by atoms with Gasteiger partial charge in [-0.1, -0.05) is 48.4 Å². The van der Waals surface area contributed by atoms with Crippen LogP contribution >= 0.6 is 11.6 Å². The molecule has 4 nitrogen and oxygen atoms in total. The van der Waals surface area contributed by atoms with Crippen LogP contribution in [0.3, 0.4) is 0 Å². The van der Waals surface area contributed by atoms with Gasteiger partial charge in [-0.2, -0.15) is 0 Å². The fourth-order valence-corrected chi connectivity index (χ4v) is 4.05. The van der Waals surface area contributed by atoms with Gasteiger partial charge in [0.05, 0.1) is 0 Å². The number of benzene rings is 2. The summed E-state index contributed by atoms with van der Waals surface area (Å²) in [6, 6.07) is 19.9. The number of carbonyl (C=O) groups excluding carboxylic acids is 1. The first-order valence-electron chi connectivity index (χ1n) is 11.0. The number of nitrogens with zero attached hydrogens (tertiary/aromatic N) is 2. The number of likely N-dealkylation sites (tertiary alicyclic amines) is 1. The van der Waals surface area contributed by atoms with Gasteiger partial charge in [-0.25, -0.2) is 0 Å². The third-order valence-electron chi connectivity index (χ3n) is 5.70. The number of amides is 1. The molecule has 31 heavy (non-hydrogen) atoms. The number of hydrogen-bond donors (Lipinski definition) is 1. The largest absolute Gasteiger partial charge is 0.326 e. The molecule has 160 valence electrons. The molecule has 0 spiro atoms. The molecular formula is C26H28ClN3O. The van der Waals surface area contributed by atoms with Crippen LogP contribution in [0.4, 0.5) is 5.69 Å². The number of pyridine rings is 1. The second kappa shape index (κ2) is 10.6. The van der Waals surface area contributed by atoms with Crippen molar-refractivity contribution in [2.75, 3.05) is 18.4 Å². The highest BCUT2D eigenvalue weighted by atomic mass is 35.5. The lowest BCUT2D eigenvalue weighted by Gasteiger charge is -2.26. The lowest BCUT2D eigenvalue weighted by molar-refractivity contribution is -0.116. The standard InChI is InChI=1S/C26H28ClN3O/c27-23-9-6-21(7-10-23)22-8-13-24(28-18-22)14-15-26(31)29-25-11-4-20(5-12-25)19-30-16-2-1-3-17-30/h4-13,18H,1-3,14-17,19H2,(H,29,31). The third kappa shape index (κ3) is 6.39. The number of aromatic nitrogens is 1. The van der Waals surface area contributed by atoms with Crippen molar-refractivity contribution < 1.29 is 4.79 Å². The molecule has 1 N–H and O–H groups in total. The van der Waals surface area contributed by atoms with Gasteiger partial charge in [0.25, 0.3) is 0 Å². The zero-order valence-electron chi connectivity index (χ0n) is 17.7. The summed E-state index contributed by atoms with van der Waals surface area (Å²) in [6.45, 7) is 3.37. The van der Waals surface area contributed by atoms with Gasteiger partial charge in [-0.15, -0.1) is 0 Å². The summed E-state index contributed by atoms with van der Waals surface area (Å²) in [5, 5.41) is 3.71. The molecule has 4 rings (SSSR count). The number of halogens is 1. The molecule has 0 radical (unpaired) electrons. The topological polar surface area (TPSA) is 45.2 Å². The van der Waals surface area contributed by atoms with E-state index in [0.29, 0.717) is 12.8 Å². The Morgan fingerprint density at radius 1 is 0.903 bits per heavy atom. The summed E-state index contributed by atoms with van der Waals surface area (Å²) in [4.78, 5) is 19.4. The summed E-state index contributed by atoms with van der Waals surface area (Å²) >= 11 is 5.95. The predicted molar refractivity (Wildman–Crippen MR) is 127 cm³/mol. The molecule has 0 unspecified atom stereocenters. The van der Waals surface area contributed by atoms with E-state index in [1.807, 2.05) is 54.7 Å². The first-order valence-corrected chi connectivity index (χ1v) is 11.4. The first-order chi connectivity index (χ1) is 15.2. The molecule has 2 aromatic carbocycles. The Labute approximate surface area is 189 Å². The highest BCUT2D eigenvalue weighted by Crippen LogP contribution is 2.21. The molecule has 0 saturated carbocycles. The van der Waals surface area contributed by atoms with Crippen molar-refractivity contribution in [3.63, 3.8) is 0 Å². The molecular weight excluding hydrogens is 406 g/mol. The van der Waals surface area contributed by atoms with Crippen molar-refractivity contribution in [1.29, 1.82) is 0 Å². The van der Waals surface area contributed by atoms with Gasteiger partial charge in [0.1, 0.15) is 0 Å². The fraction of sp³-hybridized carbons (Fsp3) is 0.308. The maximum atomic E-state index is 12.3. The van der Waals surface area contributed by atoms with Gasteiger partial charge in [0.15, 0.2) is 0 Å². The minimum Gasteiger partial charge on any atom is -0.326 e. The van der Waals surface area contributed by atoms with Crippen LogP contribution in [0.15, 0.2) is 66.9 Å². The lowest BCUT2D eigenvalue weighted by atomic mass is 10.1. The monoisotopic (exact) mass is 433 g/mol. The van der Waals surface area contributed by atoms with Gasteiger partial charge in [-0.3, -0.25) is 14.7 Å². The number of carbonyl (C=O) groups is 1. The van der Waals surface area contributed by atoms with E-state index in [1.54, 1.807) is 0 Å². The van der Waals surface area contributed by atoms with Gasteiger partial charge in [0, 0.05) is 41.1 Å². The summed E-state index contributed by atoms with van der Waals surface area (Å²) in [7, 11) is 0. The van der Waals surface area contributed by atoms with E-state index in [9.17, 15) is 4.79 Å². The molecule has 2 heterocycles. The molecule has 3 aromatic rings. The minimum absolute atomic E-state index is 0.00681. The van der Waals surface area contributed by atoms with E-state index < -0.39 is 0 Å². The molecule has 0 bridgehead atoms. The number of hydrogen-bond acceptors (Lipinski definition) is 3. The van der Waals surface area contributed by atoms with Gasteiger partial charge >= 0.3 is 0 Å². The highest BCUT2D eigenvalue weighted by Gasteiger charge is 2.10. The van der Waals surface area contributed by atoms with Crippen molar-refractivity contribution in [1.82, 2.24) is 9.88 Å². The SMILES string of the molecule is O=C(CCc1ccc(-c2ccc(Cl)cc2)cn1)Nc1ccc(CN2CCCCC2)cc1. The zero-order chi connectivity index (χ0) is 21.5. The average Bonchev–Trinajstić information content (AvgIpc) is 2.81. The smallest absolute Gasteiger partial charge is 0.224 e. The van der Waals surface area contributed by atoms with Crippen molar-refractivity contribution in [2.45, 2.75) is 38.6 Å². The number of piperidine rings is 1. The third-order valence-corrected chi connectivity index (χ3v) is 5.96. The zero-order valence-corrected chi connectivity index (χ0v) is 18.4. The predicted octanol–water partition coefficient (Wildman–Crippen LogP) is 5.96. The average molecular weight is 434 g/mol. The van der Waals surface area contributed by atoms with Gasteiger partial charge in [-0.05, 0) is 73.8 Å². The molecule has 0 atom stereocenters. The molecule has 1 fully saturated rings. The van der Waals surface area contributed by atoms with Crippen LogP contribution in [-0.4, -0.2) is 28.9 Å². The van der Waals surface area contributed by atoms with Crippen molar-refractivity contribution in [3.05, 3.63) is 83.1 Å². The number of anilines is 1. The van der Waals surface area contributed by atoms with Crippen LogP contribution in [0.1, 0.15) is 36.9 Å². The molecule has 0 aliphatic carbocycles. The van der Waals surface area contributed by atoms with Crippen LogP contribution in [0, 0.1) is 0 Å². The second-order valence-corrected chi connectivity index (χ2v) is 8.56. The van der Waals surface area contributed by atoms with Crippen molar-refractivity contribution in [3.8, 4) is 11.1 Å². The Bertz CT molecular complexity index is 979. The van der Waals surface area contributed by atoms with E-state index >= 15 is 0 Å². The van der Waals surface area contributed by atoms with Crippen LogP contribution in [0.2, 0.25) is 5.02 Å². The molecule has 1 aliphatic heterocycles. The Hall–Kier alpha value is -2.69. The van der Waals surface area contributed by atoms with Crippen LogP contribution in [0.25, 0.3) is 11.1 Å². The molecule has 1 aliphatic rings. The molecule has 1 aromatic heterocycles. The summed E-state index contributed by atoms with van der Waals surface area (Å²) in [5.74, 6) is 0.00681. The van der Waals surface area contributed by atoms with Crippen LogP contribution in [0.5, 0.6) is 0 Å². The molecule has 1 amide bonds. The molecule has 1 saturated heterocycles. The summed E-state index contributed by atoms with van der Waals surface area (Å²) < 4.78 is 0. The lowest BCUT2D eigenvalue weighted by Crippen LogP contribution is -2.29. The maximum absolute atomic E-state index is 12.3. The fourth-order valence-electron chi connectivity index (χ4n) is 3.92. The van der Waals surface area contributed by atoms with Gasteiger partial charge < -0.3 is 5.32 Å². The maximum Gasteiger partial charge on any atom is 0.224 e. The van der Waals surface area contributed by atoms with E-state index in [0.717, 1.165) is 34.1 Å². The first kappa shape index (κ1) is 21.5. The summed E-state index contributed by atoms with van der Waals surface area (Å²) in [5.41, 5.74) is 5.16. The Kier molecular flexibility index (Phi) is 7.34. The number of aryl methyl sites for hydroxylation is 1. The van der Waals surface area contributed by atoms with Crippen molar-refractivity contribution in [2.24, 2.45) is 0 Å². The van der Waals surface area contributed by atoms with E-state index in [1.165, 1.54) is 37.9 Å². The normalized spacial score (nSPS) is 14.4. The van der Waals surface area contributed by atoms with Crippen LogP contribution < -0.4 is 5.32 Å². The van der Waals surface area contributed by atoms with Gasteiger partial charge in [0.2, 0.25) is 5.91 Å². The number of nitrogens with one attached hydrogen (secondary N) is 1. The van der Waals surface area contributed by atoms with E-state index in [2.05, 4.69) is 27.3 Å². The Morgan fingerprint density at radius 2 is 1.61 bits per heavy atom.